The molecule has 0 fully saturated rings. The van der Waals surface area contributed by atoms with Crippen molar-refractivity contribution in [3.63, 3.8) is 0 Å². The lowest BCUT2D eigenvalue weighted by Crippen LogP contribution is -2.46. The van der Waals surface area contributed by atoms with E-state index < -0.39 is 18.6 Å². The van der Waals surface area contributed by atoms with Gasteiger partial charge in [0, 0.05) is 28.2 Å². The van der Waals surface area contributed by atoms with E-state index >= 15 is 0 Å². The minimum atomic E-state index is -4.42. The minimum absolute atomic E-state index is 0. The molecular weight excluding hydrogens is 442 g/mol. The summed E-state index contributed by atoms with van der Waals surface area (Å²) >= 11 is 0. The summed E-state index contributed by atoms with van der Waals surface area (Å²) in [6, 6.07) is 0. The van der Waals surface area contributed by atoms with E-state index in [9.17, 15) is 18.0 Å². The monoisotopic (exact) mass is 463 g/mol. The van der Waals surface area contributed by atoms with Crippen LogP contribution in [-0.2, 0) is 18.4 Å². The molecule has 1 rings (SSSR count). The minimum Gasteiger partial charge on any atom is -0.347 e. The second-order valence-corrected chi connectivity index (χ2v) is 4.92. The molecule has 0 aliphatic rings. The van der Waals surface area contributed by atoms with Crippen molar-refractivity contribution < 1.29 is 18.0 Å². The van der Waals surface area contributed by atoms with Gasteiger partial charge < -0.3 is 15.1 Å². The Morgan fingerprint density at radius 3 is 2.46 bits per heavy atom. The number of nitrogens with one attached hydrogen (secondary N) is 1. The van der Waals surface area contributed by atoms with Crippen LogP contribution in [0.5, 0.6) is 0 Å². The summed E-state index contributed by atoms with van der Waals surface area (Å²) < 4.78 is 38.3. The highest BCUT2D eigenvalue weighted by atomic mass is 127. The Labute approximate surface area is 155 Å². The number of rotatable bonds is 5. The van der Waals surface area contributed by atoms with Gasteiger partial charge in [-0.25, -0.2) is 4.98 Å². The quantitative estimate of drug-likeness (QED) is 0.390. The third kappa shape index (κ3) is 7.31. The SMILES string of the molecule is CN=C(NCC(=O)N(C)CC(F)(F)F)N(C)Cc1ncnn1C.I. The molecule has 1 aromatic heterocycles. The second-order valence-electron chi connectivity index (χ2n) is 4.92. The van der Waals surface area contributed by atoms with Crippen LogP contribution in [0, 0.1) is 0 Å². The summed E-state index contributed by atoms with van der Waals surface area (Å²) in [6.07, 6.45) is -3.01. The molecule has 0 aromatic carbocycles. The topological polar surface area (TPSA) is 78.7 Å². The summed E-state index contributed by atoms with van der Waals surface area (Å²) in [4.78, 5) is 22.0. The number of aliphatic imine (C=N–C) groups is 1. The fourth-order valence-electron chi connectivity index (χ4n) is 1.78. The van der Waals surface area contributed by atoms with Crippen molar-refractivity contribution in [3.05, 3.63) is 12.2 Å². The first-order valence-electron chi connectivity index (χ1n) is 6.69. The van der Waals surface area contributed by atoms with Gasteiger partial charge in [-0.1, -0.05) is 0 Å². The molecule has 0 unspecified atom stereocenters. The van der Waals surface area contributed by atoms with Gasteiger partial charge in [0.05, 0.1) is 13.1 Å². The molecule has 0 saturated heterocycles. The predicted octanol–water partition coefficient (Wildman–Crippen LogP) is 0.461. The van der Waals surface area contributed by atoms with E-state index in [1.165, 1.54) is 13.4 Å². The molecule has 0 aliphatic heterocycles. The van der Waals surface area contributed by atoms with Crippen molar-refractivity contribution in [2.45, 2.75) is 12.7 Å². The summed E-state index contributed by atoms with van der Waals surface area (Å²) in [5.41, 5.74) is 0. The van der Waals surface area contributed by atoms with E-state index in [2.05, 4.69) is 20.4 Å². The Balaban J connectivity index is 0.00000529. The van der Waals surface area contributed by atoms with Gasteiger partial charge in [0.15, 0.2) is 5.96 Å². The first-order chi connectivity index (χ1) is 10.6. The average molecular weight is 463 g/mol. The van der Waals surface area contributed by atoms with Crippen LogP contribution in [0.15, 0.2) is 11.3 Å². The van der Waals surface area contributed by atoms with E-state index in [-0.39, 0.29) is 30.5 Å². The first-order valence-corrected chi connectivity index (χ1v) is 6.69. The second kappa shape index (κ2) is 9.64. The maximum Gasteiger partial charge on any atom is 0.406 e. The van der Waals surface area contributed by atoms with Crippen LogP contribution in [0.3, 0.4) is 0 Å². The average Bonchev–Trinajstić information content (AvgIpc) is 2.82. The zero-order valence-corrected chi connectivity index (χ0v) is 16.2. The van der Waals surface area contributed by atoms with Gasteiger partial charge in [-0.2, -0.15) is 18.3 Å². The molecule has 0 spiro atoms. The van der Waals surface area contributed by atoms with Crippen LogP contribution >= 0.6 is 24.0 Å². The van der Waals surface area contributed by atoms with E-state index in [0.717, 1.165) is 7.05 Å². The van der Waals surface area contributed by atoms with Crippen LogP contribution in [0.2, 0.25) is 0 Å². The summed E-state index contributed by atoms with van der Waals surface area (Å²) in [6.45, 7) is -1.20. The van der Waals surface area contributed by atoms with Crippen LogP contribution in [0.1, 0.15) is 5.82 Å². The zero-order chi connectivity index (χ0) is 17.6. The number of likely N-dealkylation sites (N-methyl/N-ethyl adjacent to an activating group) is 1. The summed E-state index contributed by atoms with van der Waals surface area (Å²) in [5, 5.41) is 6.67. The van der Waals surface area contributed by atoms with Crippen LogP contribution in [0.4, 0.5) is 13.2 Å². The smallest absolute Gasteiger partial charge is 0.347 e. The number of carbonyl (C=O) groups is 1. The lowest BCUT2D eigenvalue weighted by Gasteiger charge is -2.23. The Morgan fingerprint density at radius 1 is 1.38 bits per heavy atom. The highest BCUT2D eigenvalue weighted by Gasteiger charge is 2.31. The lowest BCUT2D eigenvalue weighted by molar-refractivity contribution is -0.157. The van der Waals surface area contributed by atoms with Crippen molar-refractivity contribution in [3.8, 4) is 0 Å². The molecule has 0 aliphatic carbocycles. The van der Waals surface area contributed by atoms with E-state index in [1.807, 2.05) is 0 Å². The Hall–Kier alpha value is -1.60. The van der Waals surface area contributed by atoms with Crippen molar-refractivity contribution in [2.75, 3.05) is 34.2 Å². The predicted molar refractivity (Wildman–Crippen MR) is 92.9 cm³/mol. The number of carbonyl (C=O) groups excluding carboxylic acids is 1. The van der Waals surface area contributed by atoms with Crippen molar-refractivity contribution in [1.29, 1.82) is 0 Å². The van der Waals surface area contributed by atoms with Gasteiger partial charge in [0.25, 0.3) is 0 Å². The van der Waals surface area contributed by atoms with Gasteiger partial charge in [0.1, 0.15) is 18.7 Å². The molecule has 24 heavy (non-hydrogen) atoms. The molecule has 1 N–H and O–H groups in total. The van der Waals surface area contributed by atoms with Gasteiger partial charge in [-0.3, -0.25) is 14.5 Å². The molecule has 0 bridgehead atoms. The fraction of sp³-hybridized carbons (Fsp3) is 0.667. The number of nitrogens with zero attached hydrogens (tertiary/aromatic N) is 6. The number of alkyl halides is 3. The number of aryl methyl sites for hydroxylation is 1. The lowest BCUT2D eigenvalue weighted by atomic mass is 10.4. The zero-order valence-electron chi connectivity index (χ0n) is 13.8. The van der Waals surface area contributed by atoms with Gasteiger partial charge in [0.2, 0.25) is 5.91 Å². The van der Waals surface area contributed by atoms with E-state index in [1.54, 1.807) is 23.7 Å². The third-order valence-electron chi connectivity index (χ3n) is 3.00. The number of amides is 1. The van der Waals surface area contributed by atoms with Gasteiger partial charge in [-0.15, -0.1) is 24.0 Å². The number of halogens is 4. The molecular formula is C12H21F3IN7O. The van der Waals surface area contributed by atoms with Gasteiger partial charge in [-0.05, 0) is 0 Å². The molecule has 8 nitrogen and oxygen atoms in total. The molecule has 0 radical (unpaired) electrons. The van der Waals surface area contributed by atoms with Crippen LogP contribution in [-0.4, -0.2) is 76.8 Å². The maximum atomic E-state index is 12.2. The third-order valence-corrected chi connectivity index (χ3v) is 3.00. The maximum absolute atomic E-state index is 12.2. The highest BCUT2D eigenvalue weighted by Crippen LogP contribution is 2.15. The van der Waals surface area contributed by atoms with E-state index in [0.29, 0.717) is 23.2 Å². The van der Waals surface area contributed by atoms with Crippen molar-refractivity contribution in [1.82, 2.24) is 29.9 Å². The fourth-order valence-corrected chi connectivity index (χ4v) is 1.78. The number of aromatic nitrogens is 3. The van der Waals surface area contributed by atoms with Gasteiger partial charge >= 0.3 is 6.18 Å². The van der Waals surface area contributed by atoms with Crippen LogP contribution in [0.25, 0.3) is 0 Å². The molecule has 1 aromatic rings. The standard InChI is InChI=1S/C12H20F3N7O.HI/c1-16-11(20(2)6-9-18-8-19-22(9)4)17-5-10(23)21(3)7-12(13,14)15;/h8H,5-7H2,1-4H3,(H,16,17);1H. The summed E-state index contributed by atoms with van der Waals surface area (Å²) in [5.74, 6) is 0.355. The molecule has 0 saturated carbocycles. The number of hydrogen-bond acceptors (Lipinski definition) is 4. The summed E-state index contributed by atoms with van der Waals surface area (Å²) in [7, 11) is 6.07. The largest absolute Gasteiger partial charge is 0.406 e. The molecule has 138 valence electrons. The van der Waals surface area contributed by atoms with Crippen LogP contribution < -0.4 is 5.32 Å². The van der Waals surface area contributed by atoms with E-state index in [4.69, 9.17) is 0 Å². The molecule has 12 heteroatoms. The van der Waals surface area contributed by atoms with Crippen molar-refractivity contribution in [2.24, 2.45) is 12.0 Å². The Kier molecular flexibility index (Phi) is 8.99. The Bertz CT molecular complexity index is 561. The molecule has 1 heterocycles. The Morgan fingerprint density at radius 2 is 2.00 bits per heavy atom. The molecule has 1 amide bonds. The highest BCUT2D eigenvalue weighted by molar-refractivity contribution is 14.0. The normalized spacial score (nSPS) is 11.7. The number of hydrogen-bond donors (Lipinski definition) is 1. The van der Waals surface area contributed by atoms with Crippen molar-refractivity contribution >= 4 is 35.8 Å². The first kappa shape index (κ1) is 22.4. The molecule has 0 atom stereocenters. The number of guanidine groups is 1.